The van der Waals surface area contributed by atoms with E-state index in [1.165, 1.54) is 28.4 Å². The first-order chi connectivity index (χ1) is 15.6. The third kappa shape index (κ3) is 7.71. The largest absolute Gasteiger partial charge is 0.357 e. The monoisotopic (exact) mass is 497 g/mol. The van der Waals surface area contributed by atoms with Gasteiger partial charge in [-0.2, -0.15) is 0 Å². The predicted octanol–water partition coefficient (Wildman–Crippen LogP) is 3.58. The second-order valence-electron chi connectivity index (χ2n) is 7.60. The average Bonchev–Trinajstić information content (AvgIpc) is 2.76. The number of carbonyl (C=O) groups is 2. The van der Waals surface area contributed by atoms with Crippen LogP contribution in [0.4, 0.5) is 10.1 Å². The molecule has 0 spiro atoms. The first-order valence-electron chi connectivity index (χ1n) is 10.6. The van der Waals surface area contributed by atoms with Gasteiger partial charge >= 0.3 is 0 Å². The fourth-order valence-corrected chi connectivity index (χ4v) is 4.65. The van der Waals surface area contributed by atoms with Crippen molar-refractivity contribution in [2.45, 2.75) is 38.8 Å². The average molecular weight is 498 g/mol. The van der Waals surface area contributed by atoms with Crippen molar-refractivity contribution in [2.24, 2.45) is 0 Å². The number of benzene rings is 2. The first kappa shape index (κ1) is 26.6. The summed E-state index contributed by atoms with van der Waals surface area (Å²) in [5, 5.41) is 2.98. The van der Waals surface area contributed by atoms with Crippen molar-refractivity contribution >= 4 is 39.1 Å². The van der Waals surface area contributed by atoms with Crippen molar-refractivity contribution < 1.29 is 22.4 Å². The van der Waals surface area contributed by atoms with E-state index in [-0.39, 0.29) is 37.7 Å². The normalized spacial score (nSPS) is 12.2. The predicted molar refractivity (Wildman–Crippen MR) is 128 cm³/mol. The van der Waals surface area contributed by atoms with E-state index in [1.807, 2.05) is 0 Å². The molecule has 1 unspecified atom stereocenters. The van der Waals surface area contributed by atoms with E-state index in [1.54, 1.807) is 43.3 Å². The van der Waals surface area contributed by atoms with Gasteiger partial charge in [-0.05, 0) is 48.7 Å². The zero-order chi connectivity index (χ0) is 24.6. The maximum absolute atomic E-state index is 13.3. The number of rotatable bonds is 11. The third-order valence-electron chi connectivity index (χ3n) is 5.15. The summed E-state index contributed by atoms with van der Waals surface area (Å²) in [5.41, 5.74) is 1.10. The summed E-state index contributed by atoms with van der Waals surface area (Å²) in [6, 6.07) is 11.5. The van der Waals surface area contributed by atoms with Gasteiger partial charge in [-0.25, -0.2) is 12.8 Å². The molecule has 0 aliphatic rings. The molecule has 10 heteroatoms. The van der Waals surface area contributed by atoms with E-state index in [0.717, 1.165) is 6.26 Å². The second kappa shape index (κ2) is 12.0. The van der Waals surface area contributed by atoms with Crippen molar-refractivity contribution in [1.82, 2.24) is 10.2 Å². The molecule has 0 saturated heterocycles. The Kier molecular flexibility index (Phi) is 9.67. The highest BCUT2D eigenvalue weighted by Gasteiger charge is 2.28. The maximum Gasteiger partial charge on any atom is 0.242 e. The molecule has 33 heavy (non-hydrogen) atoms. The van der Waals surface area contributed by atoms with E-state index in [9.17, 15) is 22.4 Å². The minimum atomic E-state index is -3.59. The van der Waals surface area contributed by atoms with Crippen molar-refractivity contribution in [3.63, 3.8) is 0 Å². The smallest absolute Gasteiger partial charge is 0.242 e. The van der Waals surface area contributed by atoms with Crippen LogP contribution in [-0.2, 0) is 26.2 Å². The Labute approximate surface area is 199 Å². The molecule has 0 aliphatic heterocycles. The fraction of sp³-hybridized carbons (Fsp3) is 0.391. The van der Waals surface area contributed by atoms with E-state index >= 15 is 0 Å². The number of anilines is 1. The van der Waals surface area contributed by atoms with E-state index in [0.29, 0.717) is 22.7 Å². The molecule has 2 aromatic carbocycles. The molecular weight excluding hydrogens is 469 g/mol. The zero-order valence-corrected chi connectivity index (χ0v) is 20.5. The number of hydrogen-bond acceptors (Lipinski definition) is 4. The van der Waals surface area contributed by atoms with E-state index in [2.05, 4.69) is 5.32 Å². The number of nitrogens with one attached hydrogen (secondary N) is 1. The Hall–Kier alpha value is -2.65. The molecule has 2 rings (SSSR count). The summed E-state index contributed by atoms with van der Waals surface area (Å²) in [5.74, 6) is -0.990. The number of sulfonamides is 1. The quantitative estimate of drug-likeness (QED) is 0.514. The van der Waals surface area contributed by atoms with Gasteiger partial charge in [0.15, 0.2) is 0 Å². The molecule has 2 amide bonds. The third-order valence-corrected chi connectivity index (χ3v) is 6.58. The summed E-state index contributed by atoms with van der Waals surface area (Å²) in [7, 11) is -2.09. The Morgan fingerprint density at radius 3 is 2.36 bits per heavy atom. The minimum absolute atomic E-state index is 0.0290. The molecular formula is C23H29ClFN3O4S. The zero-order valence-electron chi connectivity index (χ0n) is 18.9. The molecule has 1 N–H and O–H groups in total. The van der Waals surface area contributed by atoms with Crippen LogP contribution in [0.5, 0.6) is 0 Å². The van der Waals surface area contributed by atoms with Gasteiger partial charge in [0.2, 0.25) is 21.8 Å². The Morgan fingerprint density at radius 2 is 1.82 bits per heavy atom. The molecule has 0 radical (unpaired) electrons. The van der Waals surface area contributed by atoms with Gasteiger partial charge < -0.3 is 10.2 Å². The molecule has 0 fully saturated rings. The summed E-state index contributed by atoms with van der Waals surface area (Å²) < 4.78 is 39.1. The van der Waals surface area contributed by atoms with E-state index < -0.39 is 21.9 Å². The Morgan fingerprint density at radius 1 is 1.15 bits per heavy atom. The highest BCUT2D eigenvalue weighted by molar-refractivity contribution is 7.92. The van der Waals surface area contributed by atoms with Crippen molar-refractivity contribution in [3.05, 3.63) is 64.9 Å². The summed E-state index contributed by atoms with van der Waals surface area (Å²) in [6.45, 7) is 2.01. The summed E-state index contributed by atoms with van der Waals surface area (Å²) >= 11 is 6.00. The van der Waals surface area contributed by atoms with E-state index in [4.69, 9.17) is 11.6 Å². The van der Waals surface area contributed by atoms with Crippen LogP contribution in [-0.4, -0.2) is 51.0 Å². The minimum Gasteiger partial charge on any atom is -0.357 e. The van der Waals surface area contributed by atoms with Crippen molar-refractivity contribution in [2.75, 3.05) is 24.2 Å². The standard InChI is InChI=1S/C23H29ClFN3O4S/c1-4-21(23(30)26-2)27(16-17-10-12-19(25)13-11-17)22(29)9-6-14-28(33(3,31)32)20-8-5-7-18(24)15-20/h5,7-8,10-13,15,21H,4,6,9,14,16H2,1-3H3,(H,26,30). The van der Waals surface area contributed by atoms with Crippen LogP contribution in [0.3, 0.4) is 0 Å². The number of halogens is 2. The number of nitrogens with zero attached hydrogens (tertiary/aromatic N) is 2. The molecule has 0 aliphatic carbocycles. The van der Waals surface area contributed by atoms with Crippen LogP contribution in [0, 0.1) is 5.82 Å². The van der Waals surface area contributed by atoms with Gasteiger partial charge in [0, 0.05) is 31.6 Å². The Bertz CT molecular complexity index is 1060. The topological polar surface area (TPSA) is 86.8 Å². The van der Waals surface area contributed by atoms with Crippen LogP contribution in [0.25, 0.3) is 0 Å². The van der Waals surface area contributed by atoms with Gasteiger partial charge in [-0.15, -0.1) is 0 Å². The number of likely N-dealkylation sites (N-methyl/N-ethyl adjacent to an activating group) is 1. The lowest BCUT2D eigenvalue weighted by Gasteiger charge is -2.30. The summed E-state index contributed by atoms with van der Waals surface area (Å²) in [6.07, 6.45) is 1.75. The van der Waals surface area contributed by atoms with Crippen LogP contribution in [0.2, 0.25) is 5.02 Å². The van der Waals surface area contributed by atoms with Crippen molar-refractivity contribution in [1.29, 1.82) is 0 Å². The molecule has 0 saturated carbocycles. The van der Waals surface area contributed by atoms with Crippen LogP contribution >= 0.6 is 11.6 Å². The lowest BCUT2D eigenvalue weighted by Crippen LogP contribution is -2.48. The first-order valence-corrected chi connectivity index (χ1v) is 12.8. The molecule has 0 aromatic heterocycles. The second-order valence-corrected chi connectivity index (χ2v) is 9.95. The SMILES string of the molecule is CCC(C(=O)NC)N(Cc1ccc(F)cc1)C(=O)CCCN(c1cccc(Cl)c1)S(C)(=O)=O. The highest BCUT2D eigenvalue weighted by atomic mass is 35.5. The van der Waals surface area contributed by atoms with Crippen molar-refractivity contribution in [3.8, 4) is 0 Å². The van der Waals surface area contributed by atoms with Gasteiger partial charge in [-0.3, -0.25) is 13.9 Å². The van der Waals surface area contributed by atoms with Crippen LogP contribution in [0.1, 0.15) is 31.7 Å². The van der Waals surface area contributed by atoms with Crippen LogP contribution in [0.15, 0.2) is 48.5 Å². The molecule has 1 atom stereocenters. The molecule has 0 heterocycles. The molecule has 7 nitrogen and oxygen atoms in total. The lowest BCUT2D eigenvalue weighted by atomic mass is 10.1. The maximum atomic E-state index is 13.3. The van der Waals surface area contributed by atoms with Gasteiger partial charge in [0.05, 0.1) is 11.9 Å². The highest BCUT2D eigenvalue weighted by Crippen LogP contribution is 2.23. The molecule has 2 aromatic rings. The Balaban J connectivity index is 2.18. The fourth-order valence-electron chi connectivity index (χ4n) is 3.51. The summed E-state index contributed by atoms with van der Waals surface area (Å²) in [4.78, 5) is 27.0. The molecule has 0 bridgehead atoms. The lowest BCUT2D eigenvalue weighted by molar-refractivity contribution is -0.141. The van der Waals surface area contributed by atoms with Gasteiger partial charge in [0.1, 0.15) is 11.9 Å². The van der Waals surface area contributed by atoms with Gasteiger partial charge in [-0.1, -0.05) is 36.7 Å². The van der Waals surface area contributed by atoms with Gasteiger partial charge in [0.25, 0.3) is 0 Å². The number of amides is 2. The van der Waals surface area contributed by atoms with Crippen LogP contribution < -0.4 is 9.62 Å². The number of carbonyl (C=O) groups excluding carboxylic acids is 2. The number of hydrogen-bond donors (Lipinski definition) is 1. The molecule has 180 valence electrons.